The summed E-state index contributed by atoms with van der Waals surface area (Å²) >= 11 is 0.367. The summed E-state index contributed by atoms with van der Waals surface area (Å²) in [4.78, 5) is 23.0. The summed E-state index contributed by atoms with van der Waals surface area (Å²) in [7, 11) is 1.32. The fourth-order valence-corrected chi connectivity index (χ4v) is 1.87. The number of rotatable bonds is 7. The molecule has 0 heterocycles. The molecule has 2 N–H and O–H groups in total. The van der Waals surface area contributed by atoms with Crippen LogP contribution in [-0.4, -0.2) is 42.5 Å². The zero-order valence-corrected chi connectivity index (χ0v) is 11.3. The lowest BCUT2D eigenvalue weighted by Gasteiger charge is -2.13. The average molecular weight is 305 g/mol. The van der Waals surface area contributed by atoms with Crippen LogP contribution in [0.3, 0.4) is 0 Å². The minimum atomic E-state index is -2.53. The molecule has 1 unspecified atom stereocenters. The van der Waals surface area contributed by atoms with E-state index < -0.39 is 23.7 Å². The normalized spacial score (nSPS) is 12.2. The second-order valence-electron chi connectivity index (χ2n) is 3.72. The Bertz CT molecular complexity index is 467. The van der Waals surface area contributed by atoms with Gasteiger partial charge in [0.25, 0.3) is 11.7 Å². The third kappa shape index (κ3) is 5.14. The van der Waals surface area contributed by atoms with E-state index in [1.54, 1.807) is 0 Å². The van der Waals surface area contributed by atoms with E-state index in [0.717, 1.165) is 0 Å². The number of amides is 1. The van der Waals surface area contributed by atoms with Crippen molar-refractivity contribution in [3.8, 4) is 0 Å². The highest BCUT2D eigenvalue weighted by Crippen LogP contribution is 2.25. The quantitative estimate of drug-likeness (QED) is 0.752. The van der Waals surface area contributed by atoms with Crippen LogP contribution in [-0.2, 0) is 9.53 Å². The predicted molar refractivity (Wildman–Crippen MR) is 69.1 cm³/mol. The summed E-state index contributed by atoms with van der Waals surface area (Å²) in [6.07, 6.45) is 0. The summed E-state index contributed by atoms with van der Waals surface area (Å²) in [6, 6.07) is 4.29. The van der Waals surface area contributed by atoms with Crippen LogP contribution in [0.5, 0.6) is 0 Å². The van der Waals surface area contributed by atoms with Crippen molar-refractivity contribution in [3.63, 3.8) is 0 Å². The number of hydrogen-bond donors (Lipinski definition) is 2. The van der Waals surface area contributed by atoms with Crippen LogP contribution in [0, 0.1) is 0 Å². The van der Waals surface area contributed by atoms with Gasteiger partial charge in [-0.1, -0.05) is 11.8 Å². The molecule has 1 atom stereocenters. The largest absolute Gasteiger partial charge is 0.480 e. The maximum absolute atomic E-state index is 12.1. The predicted octanol–water partition coefficient (Wildman–Crippen LogP) is 1.83. The fourth-order valence-electron chi connectivity index (χ4n) is 1.37. The van der Waals surface area contributed by atoms with Crippen molar-refractivity contribution in [3.05, 3.63) is 29.8 Å². The molecule has 0 fully saturated rings. The Balaban J connectivity index is 2.69. The molecule has 110 valence electrons. The molecule has 1 aromatic carbocycles. The van der Waals surface area contributed by atoms with E-state index in [9.17, 15) is 18.4 Å². The number of carbonyl (C=O) groups is 2. The summed E-state index contributed by atoms with van der Waals surface area (Å²) in [5.74, 6) is -4.36. The van der Waals surface area contributed by atoms with Crippen LogP contribution in [0.4, 0.5) is 8.78 Å². The van der Waals surface area contributed by atoms with E-state index >= 15 is 0 Å². The molecule has 20 heavy (non-hydrogen) atoms. The minimum absolute atomic E-state index is 0.166. The van der Waals surface area contributed by atoms with Crippen LogP contribution in [0.25, 0.3) is 0 Å². The second-order valence-corrected chi connectivity index (χ2v) is 4.79. The van der Waals surface area contributed by atoms with Crippen LogP contribution in [0.15, 0.2) is 29.2 Å². The molecular weight excluding hydrogens is 292 g/mol. The number of hydrogen-bond acceptors (Lipinski definition) is 4. The first-order valence-electron chi connectivity index (χ1n) is 5.51. The van der Waals surface area contributed by atoms with Crippen LogP contribution in [0.2, 0.25) is 0 Å². The lowest BCUT2D eigenvalue weighted by Crippen LogP contribution is -2.43. The molecule has 0 radical (unpaired) electrons. The first-order chi connectivity index (χ1) is 9.43. The van der Waals surface area contributed by atoms with E-state index in [2.05, 4.69) is 10.1 Å². The number of thioether (sulfide) groups is 1. The molecule has 0 bridgehead atoms. The van der Waals surface area contributed by atoms with Crippen molar-refractivity contribution in [2.75, 3.05) is 13.7 Å². The number of nitrogens with one attached hydrogen (secondary N) is 1. The van der Waals surface area contributed by atoms with Crippen molar-refractivity contribution in [2.24, 2.45) is 0 Å². The Labute approximate surface area is 118 Å². The molecule has 1 amide bonds. The van der Waals surface area contributed by atoms with Gasteiger partial charge in [0.15, 0.2) is 6.04 Å². The molecule has 8 heteroatoms. The molecule has 0 saturated carbocycles. The highest BCUT2D eigenvalue weighted by atomic mass is 32.2. The monoisotopic (exact) mass is 305 g/mol. The molecular formula is C12H13F2NO4S. The number of carboxylic acids is 1. The Morgan fingerprint density at radius 1 is 1.35 bits per heavy atom. The first-order valence-corrected chi connectivity index (χ1v) is 6.39. The lowest BCUT2D eigenvalue weighted by atomic mass is 10.2. The third-order valence-electron chi connectivity index (χ3n) is 2.28. The summed E-state index contributed by atoms with van der Waals surface area (Å²) in [5.41, 5.74) is 0.186. The number of carbonyl (C=O) groups excluding carboxylic acids is 1. The Morgan fingerprint density at radius 3 is 2.40 bits per heavy atom. The van der Waals surface area contributed by atoms with Gasteiger partial charge in [-0.15, -0.1) is 0 Å². The first kappa shape index (κ1) is 16.4. The molecule has 0 saturated heterocycles. The van der Waals surface area contributed by atoms with Gasteiger partial charge in [0, 0.05) is 17.6 Å². The van der Waals surface area contributed by atoms with Crippen molar-refractivity contribution < 1.29 is 28.2 Å². The zero-order chi connectivity index (χ0) is 15.1. The topological polar surface area (TPSA) is 75.6 Å². The Hall–Kier alpha value is -1.67. The van der Waals surface area contributed by atoms with E-state index in [0.29, 0.717) is 16.7 Å². The molecule has 5 nitrogen and oxygen atoms in total. The van der Waals surface area contributed by atoms with Gasteiger partial charge in [0.05, 0.1) is 6.61 Å². The molecule has 0 spiro atoms. The van der Waals surface area contributed by atoms with Crippen LogP contribution in [0.1, 0.15) is 10.4 Å². The number of carboxylic acid groups (broad SMARTS) is 1. The molecule has 1 aromatic rings. The van der Waals surface area contributed by atoms with Crippen molar-refractivity contribution in [2.45, 2.75) is 16.7 Å². The molecule has 0 aliphatic carbocycles. The second kappa shape index (κ2) is 7.81. The molecule has 0 aliphatic rings. The summed E-state index contributed by atoms with van der Waals surface area (Å²) in [6.45, 7) is -0.166. The number of aliphatic carboxylic acids is 1. The van der Waals surface area contributed by atoms with E-state index in [4.69, 9.17) is 5.11 Å². The number of ether oxygens (including phenoxy) is 1. The third-order valence-corrected chi connectivity index (χ3v) is 3.00. The van der Waals surface area contributed by atoms with Crippen molar-refractivity contribution in [1.29, 1.82) is 0 Å². The van der Waals surface area contributed by atoms with Gasteiger partial charge in [0.2, 0.25) is 0 Å². The van der Waals surface area contributed by atoms with E-state index in [1.807, 2.05) is 0 Å². The number of benzene rings is 1. The van der Waals surface area contributed by atoms with Gasteiger partial charge in [0.1, 0.15) is 0 Å². The smallest absolute Gasteiger partial charge is 0.328 e. The van der Waals surface area contributed by atoms with Gasteiger partial charge in [-0.3, -0.25) is 4.79 Å². The Kier molecular flexibility index (Phi) is 6.40. The zero-order valence-electron chi connectivity index (χ0n) is 10.5. The maximum Gasteiger partial charge on any atom is 0.328 e. The minimum Gasteiger partial charge on any atom is -0.480 e. The lowest BCUT2D eigenvalue weighted by molar-refractivity contribution is -0.140. The number of alkyl halides is 2. The van der Waals surface area contributed by atoms with Crippen LogP contribution < -0.4 is 5.32 Å². The van der Waals surface area contributed by atoms with Gasteiger partial charge >= 0.3 is 5.97 Å². The number of methoxy groups -OCH3 is 1. The summed E-state index contributed by atoms with van der Waals surface area (Å²) < 4.78 is 28.9. The number of halogens is 2. The highest BCUT2D eigenvalue weighted by molar-refractivity contribution is 7.99. The molecule has 0 aromatic heterocycles. The SMILES string of the molecule is COCC(NC(=O)c1ccc(SC(F)F)cc1)C(=O)O. The molecule has 0 aliphatic heterocycles. The average Bonchev–Trinajstić information content (AvgIpc) is 2.38. The Morgan fingerprint density at radius 2 is 1.95 bits per heavy atom. The van der Waals surface area contributed by atoms with E-state index in [-0.39, 0.29) is 12.2 Å². The highest BCUT2D eigenvalue weighted by Gasteiger charge is 2.20. The van der Waals surface area contributed by atoms with Gasteiger partial charge in [-0.25, -0.2) is 4.79 Å². The fraction of sp³-hybridized carbons (Fsp3) is 0.333. The van der Waals surface area contributed by atoms with Crippen molar-refractivity contribution in [1.82, 2.24) is 5.32 Å². The van der Waals surface area contributed by atoms with Gasteiger partial charge < -0.3 is 15.2 Å². The standard InChI is InChI=1S/C12H13F2NO4S/c1-19-6-9(11(17)18)15-10(16)7-2-4-8(5-3-7)20-12(13)14/h2-5,9,12H,6H2,1H3,(H,15,16)(H,17,18). The van der Waals surface area contributed by atoms with Gasteiger partial charge in [-0.05, 0) is 24.3 Å². The van der Waals surface area contributed by atoms with E-state index in [1.165, 1.54) is 31.4 Å². The van der Waals surface area contributed by atoms with Crippen molar-refractivity contribution >= 4 is 23.6 Å². The maximum atomic E-state index is 12.1. The molecule has 1 rings (SSSR count). The van der Waals surface area contributed by atoms with Gasteiger partial charge in [-0.2, -0.15) is 8.78 Å². The van der Waals surface area contributed by atoms with Crippen LogP contribution >= 0.6 is 11.8 Å². The summed E-state index contributed by atoms with van der Waals surface area (Å²) in [5, 5.41) is 11.1.